The minimum Gasteiger partial charge on any atom is -0.464 e. The van der Waals surface area contributed by atoms with Gasteiger partial charge in [-0.3, -0.25) is 4.57 Å². The standard InChI is InChI=1S/C19H20FN3O.ClH/c20-16-7-5-14(6-8-16)12-23-18-4-2-1-3-17(18)22-19(23)24-13-15-9-10-21-11-15;/h1-8,15,21H,9-13H2;1H. The predicted octanol–water partition coefficient (Wildman–Crippen LogP) is 3.63. The number of nitrogens with zero attached hydrogens (tertiary/aromatic N) is 2. The van der Waals surface area contributed by atoms with Gasteiger partial charge < -0.3 is 10.1 Å². The highest BCUT2D eigenvalue weighted by molar-refractivity contribution is 5.85. The molecule has 25 heavy (non-hydrogen) atoms. The maximum atomic E-state index is 13.1. The summed E-state index contributed by atoms with van der Waals surface area (Å²) >= 11 is 0. The van der Waals surface area contributed by atoms with Crippen molar-refractivity contribution < 1.29 is 9.13 Å². The van der Waals surface area contributed by atoms with Gasteiger partial charge in [0, 0.05) is 12.5 Å². The number of rotatable bonds is 5. The SMILES string of the molecule is Cl.Fc1ccc(Cn2c(OCC3CCNC3)nc3ccccc32)cc1. The molecule has 1 aliphatic heterocycles. The van der Waals surface area contributed by atoms with Gasteiger partial charge in [-0.05, 0) is 42.8 Å². The molecular weight excluding hydrogens is 341 g/mol. The molecule has 0 amide bonds. The molecule has 1 fully saturated rings. The van der Waals surface area contributed by atoms with Gasteiger partial charge >= 0.3 is 0 Å². The van der Waals surface area contributed by atoms with Gasteiger partial charge in [-0.15, -0.1) is 12.4 Å². The van der Waals surface area contributed by atoms with Gasteiger partial charge in [0.2, 0.25) is 0 Å². The lowest BCUT2D eigenvalue weighted by Gasteiger charge is -2.13. The van der Waals surface area contributed by atoms with Crippen LogP contribution in [0.1, 0.15) is 12.0 Å². The zero-order valence-corrected chi connectivity index (χ0v) is 14.6. The fourth-order valence-corrected chi connectivity index (χ4v) is 3.14. The van der Waals surface area contributed by atoms with Crippen LogP contribution in [0.25, 0.3) is 11.0 Å². The molecule has 0 spiro atoms. The number of hydrogen-bond donors (Lipinski definition) is 1. The van der Waals surface area contributed by atoms with E-state index in [0.29, 0.717) is 25.1 Å². The maximum Gasteiger partial charge on any atom is 0.297 e. The van der Waals surface area contributed by atoms with E-state index in [4.69, 9.17) is 4.74 Å². The Morgan fingerprint density at radius 3 is 2.72 bits per heavy atom. The van der Waals surface area contributed by atoms with Gasteiger partial charge in [0.15, 0.2) is 0 Å². The molecule has 2 heterocycles. The van der Waals surface area contributed by atoms with Crippen molar-refractivity contribution >= 4 is 23.4 Å². The van der Waals surface area contributed by atoms with Crippen molar-refractivity contribution in [2.24, 2.45) is 5.92 Å². The van der Waals surface area contributed by atoms with E-state index >= 15 is 0 Å². The molecule has 1 saturated heterocycles. The Hall–Kier alpha value is -2.11. The fraction of sp³-hybridized carbons (Fsp3) is 0.316. The summed E-state index contributed by atoms with van der Waals surface area (Å²) in [6.45, 7) is 3.33. The van der Waals surface area contributed by atoms with Crippen LogP contribution in [0.15, 0.2) is 48.5 Å². The number of halogens is 2. The Balaban J connectivity index is 0.00000182. The molecule has 0 aliphatic carbocycles. The van der Waals surface area contributed by atoms with E-state index in [-0.39, 0.29) is 18.2 Å². The number of benzene rings is 2. The molecule has 3 aromatic rings. The first-order chi connectivity index (χ1) is 11.8. The molecule has 1 atom stereocenters. The molecule has 0 bridgehead atoms. The summed E-state index contributed by atoms with van der Waals surface area (Å²) in [6.07, 6.45) is 1.14. The first-order valence-corrected chi connectivity index (χ1v) is 8.33. The number of ether oxygens (including phenoxy) is 1. The van der Waals surface area contributed by atoms with Crippen molar-refractivity contribution in [1.29, 1.82) is 0 Å². The van der Waals surface area contributed by atoms with Crippen LogP contribution in [0.2, 0.25) is 0 Å². The highest BCUT2D eigenvalue weighted by Crippen LogP contribution is 2.24. The van der Waals surface area contributed by atoms with Crippen molar-refractivity contribution in [3.8, 4) is 6.01 Å². The molecule has 1 aromatic heterocycles. The Kier molecular flexibility index (Phi) is 5.56. The molecule has 132 valence electrons. The number of aromatic nitrogens is 2. The number of hydrogen-bond acceptors (Lipinski definition) is 3. The molecule has 0 radical (unpaired) electrons. The van der Waals surface area contributed by atoms with Gasteiger partial charge in [-0.1, -0.05) is 24.3 Å². The number of fused-ring (bicyclic) bond motifs is 1. The van der Waals surface area contributed by atoms with Gasteiger partial charge in [0.05, 0.1) is 24.2 Å². The zero-order valence-electron chi connectivity index (χ0n) is 13.8. The Bertz CT molecular complexity index is 828. The highest BCUT2D eigenvalue weighted by atomic mass is 35.5. The lowest BCUT2D eigenvalue weighted by molar-refractivity contribution is 0.234. The van der Waals surface area contributed by atoms with Crippen LogP contribution in [-0.2, 0) is 6.54 Å². The first-order valence-electron chi connectivity index (χ1n) is 8.33. The van der Waals surface area contributed by atoms with E-state index in [1.165, 1.54) is 12.1 Å². The minimum absolute atomic E-state index is 0. The third-order valence-electron chi connectivity index (χ3n) is 4.48. The van der Waals surface area contributed by atoms with Gasteiger partial charge in [0.1, 0.15) is 5.82 Å². The molecule has 6 heteroatoms. The third kappa shape index (κ3) is 3.94. The van der Waals surface area contributed by atoms with Crippen LogP contribution in [0.5, 0.6) is 6.01 Å². The number of para-hydroxylation sites is 2. The summed E-state index contributed by atoms with van der Waals surface area (Å²) in [4.78, 5) is 4.63. The Morgan fingerprint density at radius 1 is 1.16 bits per heavy atom. The average molecular weight is 362 g/mol. The number of imidazole rings is 1. The van der Waals surface area contributed by atoms with E-state index in [2.05, 4.69) is 14.9 Å². The average Bonchev–Trinajstić information content (AvgIpc) is 3.23. The molecule has 0 saturated carbocycles. The predicted molar refractivity (Wildman–Crippen MR) is 99.0 cm³/mol. The second-order valence-corrected chi connectivity index (χ2v) is 6.27. The van der Waals surface area contributed by atoms with Crippen LogP contribution < -0.4 is 10.1 Å². The highest BCUT2D eigenvalue weighted by Gasteiger charge is 2.18. The van der Waals surface area contributed by atoms with Gasteiger partial charge in [0.25, 0.3) is 6.01 Å². The van der Waals surface area contributed by atoms with Crippen LogP contribution in [0, 0.1) is 11.7 Å². The molecule has 1 unspecified atom stereocenters. The van der Waals surface area contributed by atoms with E-state index in [0.717, 1.165) is 36.1 Å². The monoisotopic (exact) mass is 361 g/mol. The van der Waals surface area contributed by atoms with Crippen LogP contribution in [-0.4, -0.2) is 29.2 Å². The van der Waals surface area contributed by atoms with Gasteiger partial charge in [-0.25, -0.2) is 4.39 Å². The minimum atomic E-state index is -0.223. The smallest absolute Gasteiger partial charge is 0.297 e. The van der Waals surface area contributed by atoms with E-state index < -0.39 is 0 Å². The van der Waals surface area contributed by atoms with Gasteiger partial charge in [-0.2, -0.15) is 4.98 Å². The maximum absolute atomic E-state index is 13.1. The second kappa shape index (κ2) is 7.85. The van der Waals surface area contributed by atoms with E-state index in [1.807, 2.05) is 24.3 Å². The molecular formula is C19H21ClFN3O. The Labute approximate surface area is 152 Å². The lowest BCUT2D eigenvalue weighted by atomic mass is 10.1. The summed E-state index contributed by atoms with van der Waals surface area (Å²) in [7, 11) is 0. The lowest BCUT2D eigenvalue weighted by Crippen LogP contribution is -2.17. The van der Waals surface area contributed by atoms with Crippen molar-refractivity contribution in [1.82, 2.24) is 14.9 Å². The van der Waals surface area contributed by atoms with Crippen molar-refractivity contribution in [3.05, 3.63) is 59.9 Å². The third-order valence-corrected chi connectivity index (χ3v) is 4.48. The first kappa shape index (κ1) is 17.7. The van der Waals surface area contributed by atoms with Crippen LogP contribution in [0.4, 0.5) is 4.39 Å². The summed E-state index contributed by atoms with van der Waals surface area (Å²) in [5.74, 6) is 0.309. The topological polar surface area (TPSA) is 39.1 Å². The van der Waals surface area contributed by atoms with Crippen molar-refractivity contribution in [3.63, 3.8) is 0 Å². The zero-order chi connectivity index (χ0) is 16.4. The quantitative estimate of drug-likeness (QED) is 0.754. The van der Waals surface area contributed by atoms with E-state index in [1.54, 1.807) is 12.1 Å². The number of nitrogens with one attached hydrogen (secondary N) is 1. The fourth-order valence-electron chi connectivity index (χ4n) is 3.14. The van der Waals surface area contributed by atoms with E-state index in [9.17, 15) is 4.39 Å². The normalized spacial score (nSPS) is 16.8. The molecule has 1 aliphatic rings. The summed E-state index contributed by atoms with van der Waals surface area (Å²) in [6, 6.07) is 15.2. The van der Waals surface area contributed by atoms with Crippen LogP contribution in [0.3, 0.4) is 0 Å². The molecule has 4 nitrogen and oxygen atoms in total. The summed E-state index contributed by atoms with van der Waals surface area (Å²) in [5, 5.41) is 3.35. The molecule has 1 N–H and O–H groups in total. The summed E-state index contributed by atoms with van der Waals surface area (Å²) < 4.78 is 21.2. The Morgan fingerprint density at radius 2 is 1.96 bits per heavy atom. The second-order valence-electron chi connectivity index (χ2n) is 6.27. The summed E-state index contributed by atoms with van der Waals surface area (Å²) in [5.41, 5.74) is 2.97. The van der Waals surface area contributed by atoms with Crippen molar-refractivity contribution in [2.45, 2.75) is 13.0 Å². The largest absolute Gasteiger partial charge is 0.464 e. The molecule has 4 rings (SSSR count). The molecule has 2 aromatic carbocycles. The van der Waals surface area contributed by atoms with Crippen LogP contribution >= 0.6 is 12.4 Å². The van der Waals surface area contributed by atoms with Crippen molar-refractivity contribution in [2.75, 3.05) is 19.7 Å².